The Kier molecular flexibility index (Phi) is 5.82. The number of rotatable bonds is 5. The molecule has 0 radical (unpaired) electrons. The molecule has 1 aromatic carbocycles. The summed E-state index contributed by atoms with van der Waals surface area (Å²) in [4.78, 5) is 27.2. The van der Waals surface area contributed by atoms with Gasteiger partial charge in [0.25, 0.3) is 5.91 Å². The van der Waals surface area contributed by atoms with Crippen LogP contribution < -0.4 is 11.0 Å². The van der Waals surface area contributed by atoms with Crippen LogP contribution in [0.1, 0.15) is 41.9 Å². The third-order valence-electron chi connectivity index (χ3n) is 5.61. The Hall–Kier alpha value is -2.12. The number of fused-ring (bicyclic) bond motifs is 1. The Morgan fingerprint density at radius 3 is 2.75 bits per heavy atom. The van der Waals surface area contributed by atoms with Crippen molar-refractivity contribution < 1.29 is 4.79 Å². The molecule has 1 fully saturated rings. The first-order valence-corrected chi connectivity index (χ1v) is 10.4. The first-order valence-electron chi connectivity index (χ1n) is 10.1. The van der Waals surface area contributed by atoms with Crippen molar-refractivity contribution >= 4 is 17.5 Å². The van der Waals surface area contributed by atoms with Gasteiger partial charge < -0.3 is 5.32 Å². The average Bonchev–Trinajstić information content (AvgIpc) is 3.03. The molecule has 8 heteroatoms. The van der Waals surface area contributed by atoms with Gasteiger partial charge in [0, 0.05) is 42.7 Å². The zero-order valence-corrected chi connectivity index (χ0v) is 16.7. The Labute approximate surface area is 169 Å². The van der Waals surface area contributed by atoms with Gasteiger partial charge in [-0.25, -0.2) is 9.48 Å². The van der Waals surface area contributed by atoms with Crippen LogP contribution in [-0.4, -0.2) is 50.8 Å². The summed E-state index contributed by atoms with van der Waals surface area (Å²) in [6.07, 6.45) is 5.05. The van der Waals surface area contributed by atoms with E-state index in [0.29, 0.717) is 17.1 Å². The molecule has 0 spiro atoms. The van der Waals surface area contributed by atoms with Crippen molar-refractivity contribution in [1.29, 1.82) is 0 Å². The Balaban J connectivity index is 1.31. The molecule has 0 saturated carbocycles. The zero-order chi connectivity index (χ0) is 19.5. The number of hydrogen-bond donors (Lipinski definition) is 1. The maximum Gasteiger partial charge on any atom is 0.345 e. The van der Waals surface area contributed by atoms with E-state index in [4.69, 9.17) is 11.6 Å². The summed E-state index contributed by atoms with van der Waals surface area (Å²) in [6.45, 7) is 3.92. The van der Waals surface area contributed by atoms with Crippen molar-refractivity contribution in [3.05, 3.63) is 51.2 Å². The van der Waals surface area contributed by atoms with Crippen molar-refractivity contribution in [3.63, 3.8) is 0 Å². The number of nitrogens with zero attached hydrogens (tertiary/aromatic N) is 4. The van der Waals surface area contributed by atoms with Crippen LogP contribution in [0.2, 0.25) is 5.02 Å². The minimum atomic E-state index is -0.0680. The molecule has 0 aliphatic carbocycles. The number of carbonyl (C=O) groups excluding carboxylic acids is 1. The van der Waals surface area contributed by atoms with Gasteiger partial charge in [0.1, 0.15) is 5.82 Å². The molecular formula is C20H26ClN5O2. The molecule has 0 bridgehead atoms. The Bertz CT molecular complexity index is 889. The number of amides is 1. The lowest BCUT2D eigenvalue weighted by Gasteiger charge is -2.33. The van der Waals surface area contributed by atoms with Crippen LogP contribution in [0.5, 0.6) is 0 Å². The SMILES string of the molecule is O=C(NC1CCCN(CCn2nc3n(c2=O)CCCC3)C1)c1ccc(Cl)cc1. The van der Waals surface area contributed by atoms with E-state index in [0.717, 1.165) is 64.1 Å². The van der Waals surface area contributed by atoms with E-state index in [9.17, 15) is 9.59 Å². The topological polar surface area (TPSA) is 72.2 Å². The fraction of sp³-hybridized carbons (Fsp3) is 0.550. The van der Waals surface area contributed by atoms with Crippen LogP contribution >= 0.6 is 11.6 Å². The van der Waals surface area contributed by atoms with Crippen molar-refractivity contribution in [2.45, 2.75) is 51.2 Å². The first-order chi connectivity index (χ1) is 13.6. The van der Waals surface area contributed by atoms with Gasteiger partial charge in [-0.1, -0.05) is 11.6 Å². The standard InChI is InChI=1S/C20H26ClN5O2/c21-16-8-6-15(7-9-16)19(27)22-17-4-3-10-24(14-17)12-13-26-20(28)25-11-2-1-5-18(25)23-26/h6-9,17H,1-5,10-14H2,(H,22,27). The second kappa shape index (κ2) is 8.49. The van der Waals surface area contributed by atoms with E-state index in [2.05, 4.69) is 15.3 Å². The monoisotopic (exact) mass is 403 g/mol. The Morgan fingerprint density at radius 2 is 1.96 bits per heavy atom. The highest BCUT2D eigenvalue weighted by Gasteiger charge is 2.23. The van der Waals surface area contributed by atoms with Gasteiger partial charge in [-0.2, -0.15) is 5.10 Å². The highest BCUT2D eigenvalue weighted by molar-refractivity contribution is 6.30. The van der Waals surface area contributed by atoms with E-state index in [-0.39, 0.29) is 17.6 Å². The number of benzene rings is 1. The largest absolute Gasteiger partial charge is 0.348 e. The molecule has 2 aromatic rings. The quantitative estimate of drug-likeness (QED) is 0.828. The minimum Gasteiger partial charge on any atom is -0.348 e. The van der Waals surface area contributed by atoms with Gasteiger partial charge in [-0.3, -0.25) is 14.3 Å². The third-order valence-corrected chi connectivity index (χ3v) is 5.86. The van der Waals surface area contributed by atoms with Gasteiger partial charge in [-0.15, -0.1) is 0 Å². The molecule has 28 heavy (non-hydrogen) atoms. The van der Waals surface area contributed by atoms with Gasteiger partial charge in [-0.05, 0) is 56.5 Å². The summed E-state index contributed by atoms with van der Waals surface area (Å²) in [5.41, 5.74) is 0.635. The highest BCUT2D eigenvalue weighted by atomic mass is 35.5. The summed E-state index contributed by atoms with van der Waals surface area (Å²) in [5.74, 6) is 0.851. The van der Waals surface area contributed by atoms with Crippen LogP contribution in [0.4, 0.5) is 0 Å². The molecule has 2 aliphatic rings. The van der Waals surface area contributed by atoms with Gasteiger partial charge in [0.2, 0.25) is 0 Å². The zero-order valence-electron chi connectivity index (χ0n) is 15.9. The first kappa shape index (κ1) is 19.2. The second-order valence-electron chi connectivity index (χ2n) is 7.65. The molecule has 1 aromatic heterocycles. The van der Waals surface area contributed by atoms with Crippen molar-refractivity contribution in [2.24, 2.45) is 0 Å². The third kappa shape index (κ3) is 4.31. The summed E-state index contributed by atoms with van der Waals surface area (Å²) in [5, 5.41) is 8.25. The molecular weight excluding hydrogens is 378 g/mol. The minimum absolute atomic E-state index is 0.0132. The van der Waals surface area contributed by atoms with E-state index in [1.165, 1.54) is 0 Å². The normalized spacial score (nSPS) is 20.0. The molecule has 3 heterocycles. The smallest absolute Gasteiger partial charge is 0.345 e. The summed E-state index contributed by atoms with van der Waals surface area (Å²) in [7, 11) is 0. The number of likely N-dealkylation sites (tertiary alicyclic amines) is 1. The lowest BCUT2D eigenvalue weighted by atomic mass is 10.0. The van der Waals surface area contributed by atoms with Crippen molar-refractivity contribution in [2.75, 3.05) is 19.6 Å². The van der Waals surface area contributed by atoms with Crippen molar-refractivity contribution in [1.82, 2.24) is 24.6 Å². The second-order valence-corrected chi connectivity index (χ2v) is 8.09. The number of carbonyl (C=O) groups is 1. The van der Waals surface area contributed by atoms with Gasteiger partial charge >= 0.3 is 5.69 Å². The average molecular weight is 404 g/mol. The molecule has 2 aliphatic heterocycles. The summed E-state index contributed by atoms with van der Waals surface area (Å²) >= 11 is 5.89. The van der Waals surface area contributed by atoms with E-state index in [1.807, 2.05) is 4.57 Å². The molecule has 1 amide bonds. The van der Waals surface area contributed by atoms with Crippen LogP contribution in [0.25, 0.3) is 0 Å². The molecule has 1 N–H and O–H groups in total. The predicted octanol–water partition coefficient (Wildman–Crippen LogP) is 1.93. The van der Waals surface area contributed by atoms with E-state index < -0.39 is 0 Å². The van der Waals surface area contributed by atoms with Crippen LogP contribution in [-0.2, 0) is 19.5 Å². The number of hydrogen-bond acceptors (Lipinski definition) is 4. The van der Waals surface area contributed by atoms with Crippen LogP contribution in [0.3, 0.4) is 0 Å². The highest BCUT2D eigenvalue weighted by Crippen LogP contribution is 2.13. The molecule has 4 rings (SSSR count). The number of nitrogens with one attached hydrogen (secondary N) is 1. The number of aromatic nitrogens is 3. The molecule has 150 valence electrons. The Morgan fingerprint density at radius 1 is 1.14 bits per heavy atom. The lowest BCUT2D eigenvalue weighted by Crippen LogP contribution is -2.48. The lowest BCUT2D eigenvalue weighted by molar-refractivity contribution is 0.0901. The maximum absolute atomic E-state index is 12.5. The molecule has 1 atom stereocenters. The van der Waals surface area contributed by atoms with Gasteiger partial charge in [0.15, 0.2) is 0 Å². The number of aryl methyl sites for hydroxylation is 1. The fourth-order valence-corrected chi connectivity index (χ4v) is 4.20. The van der Waals surface area contributed by atoms with Gasteiger partial charge in [0.05, 0.1) is 6.54 Å². The molecule has 1 saturated heterocycles. The predicted molar refractivity (Wildman–Crippen MR) is 108 cm³/mol. The maximum atomic E-state index is 12.5. The van der Waals surface area contributed by atoms with E-state index >= 15 is 0 Å². The fourth-order valence-electron chi connectivity index (χ4n) is 4.08. The molecule has 1 unspecified atom stereocenters. The summed E-state index contributed by atoms with van der Waals surface area (Å²) < 4.78 is 3.42. The summed E-state index contributed by atoms with van der Waals surface area (Å²) in [6, 6.07) is 7.05. The van der Waals surface area contributed by atoms with Crippen LogP contribution in [0.15, 0.2) is 29.1 Å². The van der Waals surface area contributed by atoms with Crippen molar-refractivity contribution in [3.8, 4) is 0 Å². The number of piperidine rings is 1. The number of halogens is 1. The molecule has 7 nitrogen and oxygen atoms in total. The van der Waals surface area contributed by atoms with Crippen LogP contribution in [0, 0.1) is 0 Å². The van der Waals surface area contributed by atoms with E-state index in [1.54, 1.807) is 28.9 Å².